The molecule has 0 aromatic carbocycles. The van der Waals surface area contributed by atoms with E-state index in [1.807, 2.05) is 18.0 Å². The lowest BCUT2D eigenvalue weighted by molar-refractivity contribution is 0.470. The first-order valence-corrected chi connectivity index (χ1v) is 6.81. The molecule has 15 heavy (non-hydrogen) atoms. The molecule has 1 atom stereocenters. The van der Waals surface area contributed by atoms with Crippen molar-refractivity contribution in [1.29, 1.82) is 0 Å². The van der Waals surface area contributed by atoms with Crippen molar-refractivity contribution in [2.75, 3.05) is 11.5 Å². The van der Waals surface area contributed by atoms with E-state index in [9.17, 15) is 0 Å². The Kier molecular flexibility index (Phi) is 2.29. The SMILES string of the molecule is NC1(Cc2ccnn2C2CCSC2)CC1. The van der Waals surface area contributed by atoms with Gasteiger partial charge in [-0.25, -0.2) is 0 Å². The van der Waals surface area contributed by atoms with Crippen LogP contribution in [-0.2, 0) is 6.42 Å². The summed E-state index contributed by atoms with van der Waals surface area (Å²) in [7, 11) is 0. The predicted molar refractivity (Wildman–Crippen MR) is 63.1 cm³/mol. The van der Waals surface area contributed by atoms with E-state index in [1.54, 1.807) is 0 Å². The molecule has 2 aliphatic rings. The molecule has 1 aromatic heterocycles. The number of aromatic nitrogens is 2. The van der Waals surface area contributed by atoms with Crippen LogP contribution < -0.4 is 5.73 Å². The summed E-state index contributed by atoms with van der Waals surface area (Å²) in [6.45, 7) is 0. The number of nitrogens with two attached hydrogens (primary N) is 1. The summed E-state index contributed by atoms with van der Waals surface area (Å²) in [5.74, 6) is 2.49. The van der Waals surface area contributed by atoms with Crippen molar-refractivity contribution in [2.45, 2.75) is 37.3 Å². The van der Waals surface area contributed by atoms with Crippen molar-refractivity contribution in [3.8, 4) is 0 Å². The van der Waals surface area contributed by atoms with Gasteiger partial charge >= 0.3 is 0 Å². The van der Waals surface area contributed by atoms with Crippen molar-refractivity contribution in [1.82, 2.24) is 9.78 Å². The Balaban J connectivity index is 1.79. The molecular weight excluding hydrogens is 206 g/mol. The average Bonchev–Trinajstić information content (AvgIpc) is 2.72. The van der Waals surface area contributed by atoms with E-state index in [0.717, 1.165) is 6.42 Å². The molecule has 0 spiro atoms. The van der Waals surface area contributed by atoms with Gasteiger partial charge in [-0.3, -0.25) is 4.68 Å². The van der Waals surface area contributed by atoms with E-state index in [-0.39, 0.29) is 5.54 Å². The minimum Gasteiger partial charge on any atom is -0.325 e. The van der Waals surface area contributed by atoms with Gasteiger partial charge in [-0.15, -0.1) is 0 Å². The third-order valence-corrected chi connectivity index (χ3v) is 4.57. The van der Waals surface area contributed by atoms with Gasteiger partial charge in [-0.2, -0.15) is 16.9 Å². The average molecular weight is 223 g/mol. The Labute approximate surface area is 94.4 Å². The smallest absolute Gasteiger partial charge is 0.0620 e. The van der Waals surface area contributed by atoms with E-state index < -0.39 is 0 Å². The minimum atomic E-state index is 0.101. The molecule has 1 aliphatic carbocycles. The summed E-state index contributed by atoms with van der Waals surface area (Å²) >= 11 is 2.03. The van der Waals surface area contributed by atoms with Crippen molar-refractivity contribution >= 4 is 11.8 Å². The molecule has 2 fully saturated rings. The monoisotopic (exact) mass is 223 g/mol. The molecule has 1 unspecified atom stereocenters. The maximum Gasteiger partial charge on any atom is 0.0620 e. The lowest BCUT2D eigenvalue weighted by atomic mass is 10.1. The second kappa shape index (κ2) is 3.52. The molecule has 0 bridgehead atoms. The number of nitrogens with zero attached hydrogens (tertiary/aromatic N) is 2. The maximum absolute atomic E-state index is 6.16. The third-order valence-electron chi connectivity index (χ3n) is 3.43. The van der Waals surface area contributed by atoms with Gasteiger partial charge in [0.1, 0.15) is 0 Å². The van der Waals surface area contributed by atoms with Crippen LogP contribution in [0.25, 0.3) is 0 Å². The zero-order chi connectivity index (χ0) is 10.3. The molecule has 4 heteroatoms. The fraction of sp³-hybridized carbons (Fsp3) is 0.727. The normalized spacial score (nSPS) is 28.2. The van der Waals surface area contributed by atoms with Crippen LogP contribution in [0.4, 0.5) is 0 Å². The summed E-state index contributed by atoms with van der Waals surface area (Å²) in [5.41, 5.74) is 7.60. The van der Waals surface area contributed by atoms with Crippen LogP contribution >= 0.6 is 11.8 Å². The number of rotatable bonds is 3. The van der Waals surface area contributed by atoms with Crippen molar-refractivity contribution in [3.05, 3.63) is 18.0 Å². The molecule has 2 N–H and O–H groups in total. The van der Waals surface area contributed by atoms with E-state index in [1.165, 1.54) is 36.5 Å². The van der Waals surface area contributed by atoms with Crippen LogP contribution in [0, 0.1) is 0 Å². The highest BCUT2D eigenvalue weighted by molar-refractivity contribution is 7.99. The van der Waals surface area contributed by atoms with Gasteiger partial charge in [0.05, 0.1) is 6.04 Å². The molecule has 2 heterocycles. The second-order valence-electron chi connectivity index (χ2n) is 4.82. The first kappa shape index (κ1) is 9.73. The summed E-state index contributed by atoms with van der Waals surface area (Å²) in [6.07, 6.45) is 6.55. The van der Waals surface area contributed by atoms with Gasteiger partial charge in [0.2, 0.25) is 0 Å². The molecule has 1 aliphatic heterocycles. The highest BCUT2D eigenvalue weighted by Crippen LogP contribution is 2.37. The zero-order valence-electron chi connectivity index (χ0n) is 8.85. The molecule has 0 amide bonds. The minimum absolute atomic E-state index is 0.101. The van der Waals surface area contributed by atoms with Gasteiger partial charge in [-0.05, 0) is 31.1 Å². The number of hydrogen-bond acceptors (Lipinski definition) is 3. The van der Waals surface area contributed by atoms with Gasteiger partial charge in [-0.1, -0.05) is 0 Å². The van der Waals surface area contributed by atoms with Gasteiger partial charge in [0, 0.05) is 29.6 Å². The van der Waals surface area contributed by atoms with Gasteiger partial charge in [0.25, 0.3) is 0 Å². The summed E-state index contributed by atoms with van der Waals surface area (Å²) in [5, 5.41) is 4.46. The van der Waals surface area contributed by atoms with E-state index >= 15 is 0 Å². The first-order valence-electron chi connectivity index (χ1n) is 5.66. The topological polar surface area (TPSA) is 43.8 Å². The molecule has 82 valence electrons. The highest BCUT2D eigenvalue weighted by atomic mass is 32.2. The van der Waals surface area contributed by atoms with Gasteiger partial charge in [0.15, 0.2) is 0 Å². The number of thioether (sulfide) groups is 1. The quantitative estimate of drug-likeness (QED) is 0.846. The van der Waals surface area contributed by atoms with Crippen molar-refractivity contribution in [3.63, 3.8) is 0 Å². The van der Waals surface area contributed by atoms with Crippen LogP contribution in [0.15, 0.2) is 12.3 Å². The summed E-state index contributed by atoms with van der Waals surface area (Å²) in [4.78, 5) is 0. The summed E-state index contributed by atoms with van der Waals surface area (Å²) in [6, 6.07) is 2.75. The van der Waals surface area contributed by atoms with E-state index in [2.05, 4.69) is 15.8 Å². The Hall–Kier alpha value is -0.480. The summed E-state index contributed by atoms with van der Waals surface area (Å²) < 4.78 is 2.22. The first-order chi connectivity index (χ1) is 7.27. The van der Waals surface area contributed by atoms with E-state index in [4.69, 9.17) is 5.73 Å². The van der Waals surface area contributed by atoms with Crippen molar-refractivity contribution in [2.24, 2.45) is 5.73 Å². The second-order valence-corrected chi connectivity index (χ2v) is 5.97. The molecule has 1 saturated heterocycles. The van der Waals surface area contributed by atoms with Crippen LogP contribution in [-0.4, -0.2) is 26.8 Å². The largest absolute Gasteiger partial charge is 0.325 e. The lowest BCUT2D eigenvalue weighted by Gasteiger charge is -2.15. The highest BCUT2D eigenvalue weighted by Gasteiger charge is 2.39. The molecule has 1 saturated carbocycles. The molecule has 3 rings (SSSR count). The number of hydrogen-bond donors (Lipinski definition) is 1. The van der Waals surface area contributed by atoms with Crippen LogP contribution in [0.2, 0.25) is 0 Å². The Morgan fingerprint density at radius 3 is 3.13 bits per heavy atom. The predicted octanol–water partition coefficient (Wildman–Crippen LogP) is 1.59. The molecule has 1 aromatic rings. The molecule has 0 radical (unpaired) electrons. The van der Waals surface area contributed by atoms with Crippen LogP contribution in [0.3, 0.4) is 0 Å². The molecule has 3 nitrogen and oxygen atoms in total. The van der Waals surface area contributed by atoms with Crippen LogP contribution in [0.5, 0.6) is 0 Å². The Bertz CT molecular complexity index is 350. The fourth-order valence-corrected chi connectivity index (χ4v) is 3.41. The molecular formula is C11H17N3S. The fourth-order valence-electron chi connectivity index (χ4n) is 2.22. The lowest BCUT2D eigenvalue weighted by Crippen LogP contribution is -2.27. The van der Waals surface area contributed by atoms with E-state index in [0.29, 0.717) is 6.04 Å². The van der Waals surface area contributed by atoms with Gasteiger partial charge < -0.3 is 5.73 Å². The maximum atomic E-state index is 6.16. The third kappa shape index (κ3) is 1.93. The van der Waals surface area contributed by atoms with Crippen LogP contribution in [0.1, 0.15) is 31.0 Å². The Morgan fingerprint density at radius 2 is 2.47 bits per heavy atom. The Morgan fingerprint density at radius 1 is 1.60 bits per heavy atom. The zero-order valence-corrected chi connectivity index (χ0v) is 9.67. The standard InChI is InChI=1S/C11H17N3S/c12-11(3-4-11)7-9-1-5-13-14(9)10-2-6-15-8-10/h1,5,10H,2-4,6-8,12H2. The van der Waals surface area contributed by atoms with Crippen molar-refractivity contribution < 1.29 is 0 Å².